The predicted octanol–water partition coefficient (Wildman–Crippen LogP) is 1.72. The number of aryl methyl sites for hydroxylation is 1. The number of halogens is 1. The van der Waals surface area contributed by atoms with Crippen molar-refractivity contribution in [2.45, 2.75) is 51.9 Å². The van der Waals surface area contributed by atoms with Crippen LogP contribution in [-0.2, 0) is 11.3 Å². The van der Waals surface area contributed by atoms with Crippen LogP contribution in [-0.4, -0.2) is 44.9 Å². The molecule has 3 N–H and O–H groups in total. The van der Waals surface area contributed by atoms with E-state index in [0.717, 1.165) is 17.0 Å². The van der Waals surface area contributed by atoms with Crippen molar-refractivity contribution in [2.75, 3.05) is 6.54 Å². The smallest absolute Gasteiger partial charge is 0.237 e. The molecule has 0 unspecified atom stereocenters. The summed E-state index contributed by atoms with van der Waals surface area (Å²) in [5, 5.41) is 3.66. The first-order chi connectivity index (χ1) is 11.3. The third-order valence-electron chi connectivity index (χ3n) is 4.40. The molecular formula is C17H24ClN5O. The molecule has 2 atom stereocenters. The van der Waals surface area contributed by atoms with Crippen molar-refractivity contribution in [1.82, 2.24) is 19.6 Å². The summed E-state index contributed by atoms with van der Waals surface area (Å²) in [7, 11) is 0. The molecule has 3 rings (SSSR count). The van der Waals surface area contributed by atoms with Gasteiger partial charge in [0, 0.05) is 31.4 Å². The number of nitrogens with two attached hydrogens (primary N) is 1. The molecule has 0 saturated carbocycles. The highest BCUT2D eigenvalue weighted by Gasteiger charge is 2.36. The summed E-state index contributed by atoms with van der Waals surface area (Å²) in [6.07, 6.45) is 2.54. The monoisotopic (exact) mass is 349 g/mol. The second-order valence-corrected chi connectivity index (χ2v) is 7.26. The average Bonchev–Trinajstić information content (AvgIpc) is 3.00. The number of nitrogens with one attached hydrogen (secondary N) is 1. The van der Waals surface area contributed by atoms with E-state index in [1.165, 1.54) is 0 Å². The summed E-state index contributed by atoms with van der Waals surface area (Å²) >= 11 is 6.13. The molecule has 24 heavy (non-hydrogen) atoms. The van der Waals surface area contributed by atoms with Gasteiger partial charge in [0.1, 0.15) is 5.65 Å². The van der Waals surface area contributed by atoms with Gasteiger partial charge in [0.05, 0.1) is 22.5 Å². The average molecular weight is 350 g/mol. The Labute approximate surface area is 147 Å². The lowest BCUT2D eigenvalue weighted by atomic mass is 10.1. The molecular weight excluding hydrogens is 326 g/mol. The van der Waals surface area contributed by atoms with Crippen LogP contribution in [0.1, 0.15) is 31.7 Å². The lowest BCUT2D eigenvalue weighted by Crippen LogP contribution is -2.45. The van der Waals surface area contributed by atoms with Crippen LogP contribution in [0.5, 0.6) is 0 Å². The van der Waals surface area contributed by atoms with Gasteiger partial charge >= 0.3 is 0 Å². The van der Waals surface area contributed by atoms with E-state index >= 15 is 0 Å². The van der Waals surface area contributed by atoms with Crippen molar-refractivity contribution in [1.29, 1.82) is 0 Å². The lowest BCUT2D eigenvalue weighted by Gasteiger charge is -2.24. The number of hydrogen-bond acceptors (Lipinski definition) is 4. The quantitative estimate of drug-likeness (QED) is 0.881. The Balaban J connectivity index is 1.87. The van der Waals surface area contributed by atoms with Gasteiger partial charge < -0.3 is 15.5 Å². The second kappa shape index (κ2) is 6.70. The second-order valence-electron chi connectivity index (χ2n) is 6.82. The van der Waals surface area contributed by atoms with Crippen LogP contribution in [0.25, 0.3) is 5.65 Å². The minimum absolute atomic E-state index is 0.0102. The largest absolute Gasteiger partial charge is 0.353 e. The van der Waals surface area contributed by atoms with Crippen LogP contribution in [0, 0.1) is 6.92 Å². The van der Waals surface area contributed by atoms with Crippen molar-refractivity contribution < 1.29 is 4.79 Å². The van der Waals surface area contributed by atoms with E-state index in [9.17, 15) is 4.79 Å². The fourth-order valence-corrected chi connectivity index (χ4v) is 3.50. The van der Waals surface area contributed by atoms with Crippen LogP contribution >= 0.6 is 11.6 Å². The normalized spacial score (nSPS) is 21.8. The topological polar surface area (TPSA) is 75.7 Å². The molecule has 1 saturated heterocycles. The number of rotatable bonds is 4. The molecule has 2 aromatic heterocycles. The number of likely N-dealkylation sites (tertiary alicyclic amines) is 1. The van der Waals surface area contributed by atoms with Gasteiger partial charge in [0.25, 0.3) is 0 Å². The summed E-state index contributed by atoms with van der Waals surface area (Å²) in [6, 6.07) is 3.66. The molecule has 0 aromatic carbocycles. The number of nitrogens with zero attached hydrogens (tertiary/aromatic N) is 3. The fraction of sp³-hybridized carbons (Fsp3) is 0.529. The summed E-state index contributed by atoms with van der Waals surface area (Å²) in [5.74, 6) is 0.0439. The van der Waals surface area contributed by atoms with Crippen molar-refractivity contribution >= 4 is 23.2 Å². The Morgan fingerprint density at radius 2 is 2.25 bits per heavy atom. The van der Waals surface area contributed by atoms with E-state index < -0.39 is 0 Å². The number of pyridine rings is 1. The number of amides is 1. The number of carbonyl (C=O) groups excluding carboxylic acids is 1. The number of fused-ring (bicyclic) bond motifs is 1. The molecule has 130 valence electrons. The molecule has 1 aliphatic rings. The molecule has 0 radical (unpaired) electrons. The Bertz CT molecular complexity index is 757. The molecule has 1 aliphatic heterocycles. The van der Waals surface area contributed by atoms with E-state index in [1.807, 2.05) is 43.5 Å². The molecule has 0 spiro atoms. The van der Waals surface area contributed by atoms with E-state index in [0.29, 0.717) is 24.5 Å². The molecule has 0 aliphatic carbocycles. The first-order valence-electron chi connectivity index (χ1n) is 8.28. The van der Waals surface area contributed by atoms with Crippen LogP contribution < -0.4 is 11.1 Å². The molecule has 2 aromatic rings. The van der Waals surface area contributed by atoms with Gasteiger partial charge in [-0.3, -0.25) is 9.69 Å². The molecule has 6 nitrogen and oxygen atoms in total. The maximum absolute atomic E-state index is 12.5. The van der Waals surface area contributed by atoms with Gasteiger partial charge in [-0.2, -0.15) is 0 Å². The lowest BCUT2D eigenvalue weighted by molar-refractivity contribution is -0.126. The first kappa shape index (κ1) is 17.2. The zero-order valence-electron chi connectivity index (χ0n) is 14.3. The van der Waals surface area contributed by atoms with Gasteiger partial charge in [-0.25, -0.2) is 4.98 Å². The van der Waals surface area contributed by atoms with Gasteiger partial charge in [0.2, 0.25) is 5.91 Å². The van der Waals surface area contributed by atoms with Gasteiger partial charge in [-0.15, -0.1) is 0 Å². The van der Waals surface area contributed by atoms with Crippen LogP contribution in [0.3, 0.4) is 0 Å². The maximum atomic E-state index is 12.5. The van der Waals surface area contributed by atoms with E-state index in [1.54, 1.807) is 0 Å². The summed E-state index contributed by atoms with van der Waals surface area (Å²) in [5.41, 5.74) is 8.97. The Hall–Kier alpha value is -1.63. The number of aromatic nitrogens is 2. The molecule has 1 amide bonds. The SMILES string of the molecule is Cc1nc2ccc(Cl)cn2c1CN1C[C@H](N)C[C@H]1C(=O)NC(C)C. The summed E-state index contributed by atoms with van der Waals surface area (Å²) in [4.78, 5) is 19.2. The summed E-state index contributed by atoms with van der Waals surface area (Å²) < 4.78 is 2.00. The minimum atomic E-state index is -0.202. The minimum Gasteiger partial charge on any atom is -0.353 e. The maximum Gasteiger partial charge on any atom is 0.237 e. The number of hydrogen-bond donors (Lipinski definition) is 2. The molecule has 3 heterocycles. The Morgan fingerprint density at radius 1 is 1.50 bits per heavy atom. The van der Waals surface area contributed by atoms with Crippen LogP contribution in [0.2, 0.25) is 5.02 Å². The van der Waals surface area contributed by atoms with Crippen molar-refractivity contribution in [3.63, 3.8) is 0 Å². The van der Waals surface area contributed by atoms with Crippen molar-refractivity contribution in [2.24, 2.45) is 5.73 Å². The van der Waals surface area contributed by atoms with Gasteiger partial charge in [-0.05, 0) is 39.3 Å². The highest BCUT2D eigenvalue weighted by molar-refractivity contribution is 6.30. The standard InChI is InChI=1S/C17H24ClN5O/c1-10(2)20-17(24)14-6-13(19)8-22(14)9-15-11(3)21-16-5-4-12(18)7-23(15)16/h4-5,7,10,13-14H,6,8-9,19H2,1-3H3,(H,20,24)/t13-,14+/m1/s1. The fourth-order valence-electron chi connectivity index (χ4n) is 3.34. The highest BCUT2D eigenvalue weighted by atomic mass is 35.5. The first-order valence-corrected chi connectivity index (χ1v) is 8.66. The van der Waals surface area contributed by atoms with Crippen molar-refractivity contribution in [3.8, 4) is 0 Å². The van der Waals surface area contributed by atoms with Gasteiger partial charge in [-0.1, -0.05) is 11.6 Å². The summed E-state index contributed by atoms with van der Waals surface area (Å²) in [6.45, 7) is 7.23. The number of imidazole rings is 1. The van der Waals surface area contributed by atoms with Crippen LogP contribution in [0.15, 0.2) is 18.3 Å². The Morgan fingerprint density at radius 3 is 2.96 bits per heavy atom. The third-order valence-corrected chi connectivity index (χ3v) is 4.63. The molecule has 1 fully saturated rings. The number of carbonyl (C=O) groups is 1. The van der Waals surface area contributed by atoms with Crippen LogP contribution in [0.4, 0.5) is 0 Å². The molecule has 7 heteroatoms. The zero-order chi connectivity index (χ0) is 17.4. The van der Waals surface area contributed by atoms with E-state index in [-0.39, 0.29) is 24.0 Å². The molecule has 0 bridgehead atoms. The van der Waals surface area contributed by atoms with E-state index in [2.05, 4.69) is 15.2 Å². The zero-order valence-corrected chi connectivity index (χ0v) is 15.0. The highest BCUT2D eigenvalue weighted by Crippen LogP contribution is 2.23. The van der Waals surface area contributed by atoms with Crippen molar-refractivity contribution in [3.05, 3.63) is 34.7 Å². The predicted molar refractivity (Wildman–Crippen MR) is 95.0 cm³/mol. The Kier molecular flexibility index (Phi) is 4.80. The van der Waals surface area contributed by atoms with Gasteiger partial charge in [0.15, 0.2) is 0 Å². The third kappa shape index (κ3) is 3.41. The van der Waals surface area contributed by atoms with E-state index in [4.69, 9.17) is 17.3 Å².